The Morgan fingerprint density at radius 2 is 2.00 bits per heavy atom. The molecule has 1 N–H and O–H groups in total. The fraction of sp³-hybridized carbons (Fsp3) is 1.00. The van der Waals surface area contributed by atoms with Gasteiger partial charge in [-0.2, -0.15) is 0 Å². The zero-order chi connectivity index (χ0) is 8.39. The maximum atomic E-state index is 5.47. The Balaban J connectivity index is 1.92. The van der Waals surface area contributed by atoms with Gasteiger partial charge in [0.25, 0.3) is 0 Å². The molecule has 2 atom stereocenters. The average molecular weight is 170 g/mol. The van der Waals surface area contributed by atoms with Gasteiger partial charge < -0.3 is 10.1 Å². The van der Waals surface area contributed by atoms with E-state index in [1.54, 1.807) is 0 Å². The van der Waals surface area contributed by atoms with E-state index < -0.39 is 0 Å². The Bertz CT molecular complexity index is 145. The van der Waals surface area contributed by atoms with Crippen molar-refractivity contribution in [2.24, 2.45) is 0 Å². The predicted octanol–water partition coefficient (Wildman–Crippen LogP) is 0.0690. The van der Waals surface area contributed by atoms with Crippen LogP contribution in [0.3, 0.4) is 0 Å². The van der Waals surface area contributed by atoms with Gasteiger partial charge >= 0.3 is 0 Å². The monoisotopic (exact) mass is 170 g/mol. The smallest absolute Gasteiger partial charge is 0.0638 e. The Labute approximate surface area is 74.1 Å². The lowest BCUT2D eigenvalue weighted by molar-refractivity contribution is 0.159. The van der Waals surface area contributed by atoms with Crippen LogP contribution in [0.5, 0.6) is 0 Å². The number of likely N-dealkylation sites (N-methyl/N-ethyl adjacent to an activating group) is 1. The van der Waals surface area contributed by atoms with Crippen molar-refractivity contribution in [3.63, 3.8) is 0 Å². The number of nitrogens with zero attached hydrogens (tertiary/aromatic N) is 1. The van der Waals surface area contributed by atoms with E-state index in [-0.39, 0.29) is 0 Å². The van der Waals surface area contributed by atoms with Crippen LogP contribution in [-0.2, 0) is 4.74 Å². The minimum Gasteiger partial charge on any atom is -0.378 e. The first-order valence-electron chi connectivity index (χ1n) is 4.91. The maximum Gasteiger partial charge on any atom is 0.0638 e. The fourth-order valence-electron chi connectivity index (χ4n) is 2.25. The maximum absolute atomic E-state index is 5.47. The molecular formula is C9H18N2O. The fourth-order valence-corrected chi connectivity index (χ4v) is 2.25. The number of ether oxygens (including phenoxy) is 1. The van der Waals surface area contributed by atoms with E-state index in [2.05, 4.69) is 10.2 Å². The van der Waals surface area contributed by atoms with Gasteiger partial charge in [-0.25, -0.2) is 0 Å². The lowest BCUT2D eigenvalue weighted by Crippen LogP contribution is -2.47. The van der Waals surface area contributed by atoms with Crippen molar-refractivity contribution < 1.29 is 4.74 Å². The van der Waals surface area contributed by atoms with Crippen LogP contribution >= 0.6 is 0 Å². The van der Waals surface area contributed by atoms with E-state index in [0.29, 0.717) is 12.1 Å². The molecule has 0 aromatic rings. The first-order valence-corrected chi connectivity index (χ1v) is 4.91. The second-order valence-electron chi connectivity index (χ2n) is 3.74. The predicted molar refractivity (Wildman–Crippen MR) is 48.3 cm³/mol. The summed E-state index contributed by atoms with van der Waals surface area (Å²) >= 11 is 0. The van der Waals surface area contributed by atoms with Crippen LogP contribution in [0.25, 0.3) is 0 Å². The second-order valence-corrected chi connectivity index (χ2v) is 3.74. The molecule has 0 amide bonds. The molecule has 3 heteroatoms. The topological polar surface area (TPSA) is 24.5 Å². The summed E-state index contributed by atoms with van der Waals surface area (Å²) in [6.07, 6.45) is 2.74. The van der Waals surface area contributed by atoms with Gasteiger partial charge in [0, 0.05) is 6.04 Å². The molecule has 2 rings (SSSR count). The number of nitrogens with one attached hydrogen (secondary N) is 1. The Morgan fingerprint density at radius 1 is 1.25 bits per heavy atom. The molecule has 0 bridgehead atoms. The molecule has 70 valence electrons. The summed E-state index contributed by atoms with van der Waals surface area (Å²) in [6, 6.07) is 1.19. The van der Waals surface area contributed by atoms with Crippen molar-refractivity contribution in [2.75, 3.05) is 33.4 Å². The largest absolute Gasteiger partial charge is 0.378 e. The third kappa shape index (κ3) is 1.49. The number of likely N-dealkylation sites (tertiary alicyclic amines) is 1. The Kier molecular flexibility index (Phi) is 2.63. The molecule has 2 heterocycles. The number of rotatable bonds is 2. The Morgan fingerprint density at radius 3 is 2.67 bits per heavy atom. The normalized spacial score (nSPS) is 37.8. The highest BCUT2D eigenvalue weighted by atomic mass is 16.5. The minimum atomic E-state index is 0.558. The van der Waals surface area contributed by atoms with Crippen LogP contribution in [0.2, 0.25) is 0 Å². The van der Waals surface area contributed by atoms with Crippen molar-refractivity contribution in [3.05, 3.63) is 0 Å². The summed E-state index contributed by atoms with van der Waals surface area (Å²) in [5, 5.41) is 3.32. The van der Waals surface area contributed by atoms with Crippen LogP contribution in [-0.4, -0.2) is 50.3 Å². The summed E-state index contributed by atoms with van der Waals surface area (Å²) in [5.74, 6) is 0. The van der Waals surface area contributed by atoms with Gasteiger partial charge in [-0.15, -0.1) is 0 Å². The van der Waals surface area contributed by atoms with Gasteiger partial charge in [-0.1, -0.05) is 0 Å². The molecule has 0 spiro atoms. The van der Waals surface area contributed by atoms with Gasteiger partial charge in [0.2, 0.25) is 0 Å². The van der Waals surface area contributed by atoms with Crippen LogP contribution in [0.1, 0.15) is 12.8 Å². The van der Waals surface area contributed by atoms with Crippen molar-refractivity contribution in [1.29, 1.82) is 0 Å². The van der Waals surface area contributed by atoms with E-state index in [0.717, 1.165) is 13.2 Å². The van der Waals surface area contributed by atoms with Crippen molar-refractivity contribution in [1.82, 2.24) is 10.2 Å². The average Bonchev–Trinajstić information content (AvgIpc) is 2.74. The highest BCUT2D eigenvalue weighted by molar-refractivity contribution is 4.89. The molecule has 2 aliphatic heterocycles. The SMILES string of the molecule is CN[C@H]1COC[C@H]1N1CCCC1. The van der Waals surface area contributed by atoms with Gasteiger partial charge in [0.15, 0.2) is 0 Å². The van der Waals surface area contributed by atoms with Crippen LogP contribution < -0.4 is 5.32 Å². The quantitative estimate of drug-likeness (QED) is 0.634. The van der Waals surface area contributed by atoms with E-state index >= 15 is 0 Å². The van der Waals surface area contributed by atoms with E-state index in [9.17, 15) is 0 Å². The van der Waals surface area contributed by atoms with Gasteiger partial charge in [0.05, 0.1) is 19.3 Å². The zero-order valence-electron chi connectivity index (χ0n) is 7.75. The third-order valence-corrected chi connectivity index (χ3v) is 3.03. The van der Waals surface area contributed by atoms with Gasteiger partial charge in [-0.3, -0.25) is 4.90 Å². The van der Waals surface area contributed by atoms with E-state index in [1.807, 2.05) is 7.05 Å². The first kappa shape index (κ1) is 8.48. The molecular weight excluding hydrogens is 152 g/mol. The van der Waals surface area contributed by atoms with Crippen molar-refractivity contribution in [2.45, 2.75) is 24.9 Å². The van der Waals surface area contributed by atoms with Crippen LogP contribution in [0, 0.1) is 0 Å². The molecule has 2 saturated heterocycles. The lowest BCUT2D eigenvalue weighted by Gasteiger charge is -2.26. The molecule has 2 aliphatic rings. The standard InChI is InChI=1S/C9H18N2O/c1-10-8-6-12-7-9(8)11-4-2-3-5-11/h8-10H,2-7H2,1H3/t8-,9+/m0/s1. The first-order chi connectivity index (χ1) is 5.92. The number of hydrogen-bond acceptors (Lipinski definition) is 3. The molecule has 2 fully saturated rings. The van der Waals surface area contributed by atoms with Gasteiger partial charge in [0.1, 0.15) is 0 Å². The molecule has 0 aliphatic carbocycles. The summed E-state index contributed by atoms with van der Waals surface area (Å²) < 4.78 is 5.47. The Hall–Kier alpha value is -0.120. The van der Waals surface area contributed by atoms with Crippen molar-refractivity contribution >= 4 is 0 Å². The van der Waals surface area contributed by atoms with E-state index in [4.69, 9.17) is 4.74 Å². The number of hydrogen-bond donors (Lipinski definition) is 1. The molecule has 0 aromatic carbocycles. The zero-order valence-corrected chi connectivity index (χ0v) is 7.75. The summed E-state index contributed by atoms with van der Waals surface area (Å²) in [6.45, 7) is 4.35. The highest BCUT2D eigenvalue weighted by Gasteiger charge is 2.32. The van der Waals surface area contributed by atoms with Crippen LogP contribution in [0.4, 0.5) is 0 Å². The van der Waals surface area contributed by atoms with Crippen LogP contribution in [0.15, 0.2) is 0 Å². The summed E-state index contributed by atoms with van der Waals surface area (Å²) in [4.78, 5) is 2.56. The third-order valence-electron chi connectivity index (χ3n) is 3.03. The molecule has 0 radical (unpaired) electrons. The molecule has 3 nitrogen and oxygen atoms in total. The summed E-state index contributed by atoms with van der Waals surface area (Å²) in [5.41, 5.74) is 0. The van der Waals surface area contributed by atoms with Gasteiger partial charge in [-0.05, 0) is 33.0 Å². The van der Waals surface area contributed by atoms with E-state index in [1.165, 1.54) is 25.9 Å². The molecule has 12 heavy (non-hydrogen) atoms. The molecule has 0 unspecified atom stereocenters. The second kappa shape index (κ2) is 3.73. The lowest BCUT2D eigenvalue weighted by atomic mass is 10.1. The molecule has 0 aromatic heterocycles. The summed E-state index contributed by atoms with van der Waals surface area (Å²) in [7, 11) is 2.03. The highest BCUT2D eigenvalue weighted by Crippen LogP contribution is 2.18. The molecule has 0 saturated carbocycles. The minimum absolute atomic E-state index is 0.558. The van der Waals surface area contributed by atoms with Crippen molar-refractivity contribution in [3.8, 4) is 0 Å².